The Balaban J connectivity index is 1.21. The number of likely N-dealkylation sites (tertiary alicyclic amines) is 1. The molecule has 3 aliphatic heterocycles. The first-order valence-electron chi connectivity index (χ1n) is 12.7. The van der Waals surface area contributed by atoms with Gasteiger partial charge in [0.15, 0.2) is 0 Å². The fourth-order valence-electron chi connectivity index (χ4n) is 5.59. The van der Waals surface area contributed by atoms with Gasteiger partial charge in [-0.15, -0.1) is 0 Å². The van der Waals surface area contributed by atoms with Gasteiger partial charge in [0.2, 0.25) is 11.8 Å². The molecule has 2 aromatic carbocycles. The summed E-state index contributed by atoms with van der Waals surface area (Å²) >= 11 is 12.6. The summed E-state index contributed by atoms with van der Waals surface area (Å²) in [6.07, 6.45) is 1.19. The molecule has 38 heavy (non-hydrogen) atoms. The highest BCUT2D eigenvalue weighted by Gasteiger charge is 2.49. The van der Waals surface area contributed by atoms with E-state index in [0.717, 1.165) is 5.69 Å². The summed E-state index contributed by atoms with van der Waals surface area (Å²) in [5.74, 6) is -0.577. The maximum absolute atomic E-state index is 13.4. The van der Waals surface area contributed by atoms with Crippen molar-refractivity contribution in [1.29, 1.82) is 0 Å². The maximum atomic E-state index is 13.4. The van der Waals surface area contributed by atoms with E-state index in [1.807, 2.05) is 36.1 Å². The van der Waals surface area contributed by atoms with E-state index in [4.69, 9.17) is 23.2 Å². The summed E-state index contributed by atoms with van der Waals surface area (Å²) in [7, 11) is -1.65. The number of amides is 3. The van der Waals surface area contributed by atoms with Gasteiger partial charge in [0.05, 0.1) is 26.3 Å². The van der Waals surface area contributed by atoms with E-state index in [1.165, 1.54) is 6.07 Å². The number of nitrogens with zero attached hydrogens (tertiary/aromatic N) is 3. The quantitative estimate of drug-likeness (QED) is 0.589. The number of nitrogens with one attached hydrogen (secondary N) is 1. The van der Waals surface area contributed by atoms with E-state index in [-0.39, 0.29) is 46.1 Å². The third-order valence-corrected chi connectivity index (χ3v) is 9.93. The zero-order chi connectivity index (χ0) is 27.2. The molecule has 3 fully saturated rings. The van der Waals surface area contributed by atoms with E-state index in [9.17, 15) is 18.6 Å². The third-order valence-electron chi connectivity index (χ3n) is 7.92. The second kappa shape index (κ2) is 10.5. The third kappa shape index (κ3) is 5.16. The molecule has 3 atom stereocenters. The first kappa shape index (κ1) is 27.0. The molecule has 202 valence electrons. The second-order valence-corrected chi connectivity index (χ2v) is 12.6. The Morgan fingerprint density at radius 2 is 1.84 bits per heavy atom. The van der Waals surface area contributed by atoms with Crippen molar-refractivity contribution in [3.8, 4) is 0 Å². The van der Waals surface area contributed by atoms with Crippen molar-refractivity contribution in [2.45, 2.75) is 49.2 Å². The molecule has 3 aliphatic rings. The monoisotopic (exact) mass is 576 g/mol. The first-order valence-corrected chi connectivity index (χ1v) is 14.7. The maximum Gasteiger partial charge on any atom is 0.254 e. The molecule has 11 heteroatoms. The molecule has 0 bridgehead atoms. The molecule has 0 aromatic heterocycles. The van der Waals surface area contributed by atoms with Gasteiger partial charge in [0, 0.05) is 61.0 Å². The Bertz CT molecular complexity index is 1320. The fourth-order valence-corrected chi connectivity index (χ4v) is 7.27. The van der Waals surface area contributed by atoms with Gasteiger partial charge in [-0.25, -0.2) is 0 Å². The first-order chi connectivity index (χ1) is 18.1. The number of carbonyl (C=O) groups is 3. The minimum Gasteiger partial charge on any atom is -0.365 e. The SMILES string of the molecule is C[C@H]1[C@H](C)N(c2cccc(Cl)c2)CCN1C(=O)c1ccc(S(=O)CC(=O)N2CC3(CCC(=O)N3)C2)c(Cl)c1. The Morgan fingerprint density at radius 3 is 2.50 bits per heavy atom. The fraction of sp³-hybridized carbons (Fsp3) is 0.444. The van der Waals surface area contributed by atoms with Crippen molar-refractivity contribution in [3.05, 3.63) is 58.1 Å². The van der Waals surface area contributed by atoms with E-state index < -0.39 is 10.8 Å². The van der Waals surface area contributed by atoms with Crippen molar-refractivity contribution in [1.82, 2.24) is 15.1 Å². The van der Waals surface area contributed by atoms with Crippen LogP contribution in [-0.4, -0.2) is 81.3 Å². The van der Waals surface area contributed by atoms with Crippen molar-refractivity contribution in [2.75, 3.05) is 36.8 Å². The lowest BCUT2D eigenvalue weighted by atomic mass is 9.88. The summed E-state index contributed by atoms with van der Waals surface area (Å²) < 4.78 is 13.0. The van der Waals surface area contributed by atoms with Gasteiger partial charge >= 0.3 is 0 Å². The van der Waals surface area contributed by atoms with Crippen LogP contribution in [0.2, 0.25) is 10.0 Å². The molecule has 0 aliphatic carbocycles. The molecule has 1 unspecified atom stereocenters. The van der Waals surface area contributed by atoms with Crippen LogP contribution in [0.1, 0.15) is 37.0 Å². The molecule has 2 aromatic rings. The number of hydrogen-bond acceptors (Lipinski definition) is 5. The smallest absolute Gasteiger partial charge is 0.254 e. The molecule has 5 rings (SSSR count). The minimum atomic E-state index is -1.65. The molecule has 3 saturated heterocycles. The van der Waals surface area contributed by atoms with Crippen molar-refractivity contribution >= 4 is 57.4 Å². The van der Waals surface area contributed by atoms with Crippen LogP contribution in [0.25, 0.3) is 0 Å². The largest absolute Gasteiger partial charge is 0.365 e. The number of piperazine rings is 1. The summed E-state index contributed by atoms with van der Waals surface area (Å²) in [5.41, 5.74) is 1.12. The van der Waals surface area contributed by atoms with Crippen LogP contribution < -0.4 is 10.2 Å². The van der Waals surface area contributed by atoms with Crippen molar-refractivity contribution < 1.29 is 18.6 Å². The van der Waals surface area contributed by atoms with Crippen molar-refractivity contribution in [2.24, 2.45) is 0 Å². The Hall–Kier alpha value is -2.62. The number of rotatable bonds is 5. The normalized spacial score (nSPS) is 23.3. The molecule has 8 nitrogen and oxygen atoms in total. The van der Waals surface area contributed by atoms with Crippen molar-refractivity contribution in [3.63, 3.8) is 0 Å². The molecular formula is C27H30Cl2N4O4S. The van der Waals surface area contributed by atoms with Crippen LogP contribution in [0.15, 0.2) is 47.4 Å². The van der Waals surface area contributed by atoms with Crippen LogP contribution >= 0.6 is 23.2 Å². The summed E-state index contributed by atoms with van der Waals surface area (Å²) in [4.78, 5) is 43.6. The lowest BCUT2D eigenvalue weighted by Crippen LogP contribution is -2.68. The Kier molecular flexibility index (Phi) is 7.46. The molecule has 3 amide bonds. The van der Waals surface area contributed by atoms with Crippen LogP contribution in [0.5, 0.6) is 0 Å². The average molecular weight is 578 g/mol. The number of benzene rings is 2. The second-order valence-electron chi connectivity index (χ2n) is 10.4. The van der Waals surface area contributed by atoms with E-state index in [1.54, 1.807) is 17.0 Å². The van der Waals surface area contributed by atoms with Gasteiger partial charge in [0.1, 0.15) is 5.75 Å². The highest BCUT2D eigenvalue weighted by atomic mass is 35.5. The van der Waals surface area contributed by atoms with Gasteiger partial charge < -0.3 is 20.0 Å². The standard InChI is InChI=1S/C27H30Cl2N4O4S/c1-17-18(2)33(11-10-32(17)21-5-3-4-20(28)13-21)26(36)19-6-7-23(22(29)12-19)38(37)14-25(35)31-15-27(16-31)9-8-24(34)30-27/h3-7,12-13,17-18H,8-11,14-16H2,1-2H3,(H,30,34)/t17-,18-,38?/m0/s1. The summed E-state index contributed by atoms with van der Waals surface area (Å²) in [6.45, 7) is 6.19. The van der Waals surface area contributed by atoms with Crippen LogP contribution in [0.4, 0.5) is 5.69 Å². The number of carbonyl (C=O) groups excluding carboxylic acids is 3. The lowest BCUT2D eigenvalue weighted by molar-refractivity contribution is -0.137. The topological polar surface area (TPSA) is 90.0 Å². The number of anilines is 1. The lowest BCUT2D eigenvalue weighted by Gasteiger charge is -2.47. The zero-order valence-electron chi connectivity index (χ0n) is 21.3. The molecule has 1 N–H and O–H groups in total. The van der Waals surface area contributed by atoms with Gasteiger partial charge in [-0.2, -0.15) is 0 Å². The predicted octanol–water partition coefficient (Wildman–Crippen LogP) is 3.33. The Morgan fingerprint density at radius 1 is 1.08 bits per heavy atom. The molecule has 3 heterocycles. The zero-order valence-corrected chi connectivity index (χ0v) is 23.6. The van der Waals surface area contributed by atoms with Gasteiger partial charge in [-0.3, -0.25) is 18.6 Å². The van der Waals surface area contributed by atoms with Crippen LogP contribution in [0, 0.1) is 0 Å². The molecule has 1 spiro atoms. The van der Waals surface area contributed by atoms with E-state index in [2.05, 4.69) is 17.1 Å². The highest BCUT2D eigenvalue weighted by Crippen LogP contribution is 2.32. The minimum absolute atomic E-state index is 0.00827. The van der Waals surface area contributed by atoms with Gasteiger partial charge in [-0.05, 0) is 56.7 Å². The van der Waals surface area contributed by atoms with E-state index in [0.29, 0.717) is 54.5 Å². The van der Waals surface area contributed by atoms with Gasteiger partial charge in [0.25, 0.3) is 5.91 Å². The number of halogens is 2. The molecular weight excluding hydrogens is 547 g/mol. The highest BCUT2D eigenvalue weighted by molar-refractivity contribution is 7.85. The van der Waals surface area contributed by atoms with Gasteiger partial charge in [-0.1, -0.05) is 29.3 Å². The van der Waals surface area contributed by atoms with Crippen LogP contribution in [0.3, 0.4) is 0 Å². The summed E-state index contributed by atoms with van der Waals surface area (Å²) in [6, 6.07) is 12.4. The Labute approximate surface area is 234 Å². The molecule has 0 saturated carbocycles. The predicted molar refractivity (Wildman–Crippen MR) is 148 cm³/mol. The van der Waals surface area contributed by atoms with Crippen LogP contribution in [-0.2, 0) is 20.4 Å². The average Bonchev–Trinajstić information content (AvgIpc) is 3.26. The number of hydrogen-bond donors (Lipinski definition) is 1. The molecule has 0 radical (unpaired) electrons. The van der Waals surface area contributed by atoms with E-state index >= 15 is 0 Å². The summed E-state index contributed by atoms with van der Waals surface area (Å²) in [5, 5.41) is 3.80.